The predicted octanol–water partition coefficient (Wildman–Crippen LogP) is 4.40. The summed E-state index contributed by atoms with van der Waals surface area (Å²) in [5.41, 5.74) is 0.580. The Hall–Kier alpha value is -2.17. The van der Waals surface area contributed by atoms with Gasteiger partial charge in [-0.1, -0.05) is 12.1 Å². The van der Waals surface area contributed by atoms with Gasteiger partial charge < -0.3 is 9.84 Å². The van der Waals surface area contributed by atoms with E-state index in [1.54, 1.807) is 12.1 Å². The normalized spacial score (nSPS) is 27.9. The molecule has 0 bridgehead atoms. The zero-order chi connectivity index (χ0) is 16.2. The second-order valence-corrected chi connectivity index (χ2v) is 6.33. The molecule has 1 aliphatic carbocycles. The fraction of sp³-hybridized carbons (Fsp3) is 0.333. The summed E-state index contributed by atoms with van der Waals surface area (Å²) in [5.74, 6) is -2.64. The van der Waals surface area contributed by atoms with Crippen molar-refractivity contribution in [2.45, 2.75) is 36.7 Å². The van der Waals surface area contributed by atoms with Crippen molar-refractivity contribution in [2.75, 3.05) is 0 Å². The number of alkyl halides is 2. The Labute approximate surface area is 131 Å². The van der Waals surface area contributed by atoms with Gasteiger partial charge in [0.2, 0.25) is 0 Å². The molecule has 2 aromatic rings. The minimum atomic E-state index is -2.79. The molecule has 1 N–H and O–H groups in total. The number of hydrogen-bond donors (Lipinski definition) is 1. The Bertz CT molecular complexity index is 757. The molecule has 5 heteroatoms. The lowest BCUT2D eigenvalue weighted by atomic mass is 9.64. The summed E-state index contributed by atoms with van der Waals surface area (Å²) in [4.78, 5) is 0. The summed E-state index contributed by atoms with van der Waals surface area (Å²) in [5, 5.41) is 9.50. The van der Waals surface area contributed by atoms with E-state index in [4.69, 9.17) is 4.74 Å². The first-order valence-electron chi connectivity index (χ1n) is 7.55. The molecule has 0 spiro atoms. The van der Waals surface area contributed by atoms with E-state index in [0.717, 1.165) is 5.56 Å². The van der Waals surface area contributed by atoms with E-state index in [1.165, 1.54) is 30.3 Å². The highest BCUT2D eigenvalue weighted by Crippen LogP contribution is 2.56. The number of rotatable bonds is 1. The summed E-state index contributed by atoms with van der Waals surface area (Å²) >= 11 is 0. The first-order valence-corrected chi connectivity index (χ1v) is 7.55. The van der Waals surface area contributed by atoms with Crippen LogP contribution in [0.25, 0.3) is 0 Å². The highest BCUT2D eigenvalue weighted by atomic mass is 19.3. The molecule has 1 fully saturated rings. The summed E-state index contributed by atoms with van der Waals surface area (Å²) in [6.07, 6.45) is -1.24. The Morgan fingerprint density at radius 1 is 1.04 bits per heavy atom. The fourth-order valence-electron chi connectivity index (χ4n) is 3.89. The molecule has 120 valence electrons. The Kier molecular flexibility index (Phi) is 2.92. The van der Waals surface area contributed by atoms with Gasteiger partial charge in [0.05, 0.1) is 5.41 Å². The standard InChI is InChI=1S/C18H15F3O2/c19-12-3-6-15-14(9-12)18(11-1-4-13(22)5-2-11)8-7-17(20,21)10-16(18)23-15/h1-6,9,16,22H,7-8,10H2. The third kappa shape index (κ3) is 2.10. The van der Waals surface area contributed by atoms with Crippen LogP contribution < -0.4 is 4.74 Å². The van der Waals surface area contributed by atoms with Crippen molar-refractivity contribution in [3.8, 4) is 11.5 Å². The van der Waals surface area contributed by atoms with Crippen LogP contribution in [0.2, 0.25) is 0 Å². The molecule has 1 aliphatic heterocycles. The van der Waals surface area contributed by atoms with Crippen molar-refractivity contribution in [3.05, 3.63) is 59.4 Å². The summed E-state index contributed by atoms with van der Waals surface area (Å²) in [6.45, 7) is 0. The smallest absolute Gasteiger partial charge is 0.251 e. The second-order valence-electron chi connectivity index (χ2n) is 6.33. The van der Waals surface area contributed by atoms with Crippen LogP contribution in [0.3, 0.4) is 0 Å². The SMILES string of the molecule is Oc1ccc(C23CCC(F)(F)CC2Oc2ccc(F)cc23)cc1. The number of halogens is 3. The van der Waals surface area contributed by atoms with E-state index in [-0.39, 0.29) is 18.6 Å². The number of hydrogen-bond acceptors (Lipinski definition) is 2. The average molecular weight is 320 g/mol. The number of ether oxygens (including phenoxy) is 1. The van der Waals surface area contributed by atoms with Gasteiger partial charge in [-0.05, 0) is 42.3 Å². The van der Waals surface area contributed by atoms with Crippen molar-refractivity contribution in [1.29, 1.82) is 0 Å². The molecule has 23 heavy (non-hydrogen) atoms. The minimum Gasteiger partial charge on any atom is -0.508 e. The van der Waals surface area contributed by atoms with Crippen LogP contribution in [0.5, 0.6) is 11.5 Å². The van der Waals surface area contributed by atoms with Crippen LogP contribution in [0.1, 0.15) is 30.4 Å². The fourth-order valence-corrected chi connectivity index (χ4v) is 3.89. The van der Waals surface area contributed by atoms with Crippen molar-refractivity contribution in [2.24, 2.45) is 0 Å². The summed E-state index contributed by atoms with van der Waals surface area (Å²) in [7, 11) is 0. The van der Waals surface area contributed by atoms with Crippen molar-refractivity contribution in [1.82, 2.24) is 0 Å². The van der Waals surface area contributed by atoms with Gasteiger partial charge in [-0.2, -0.15) is 0 Å². The van der Waals surface area contributed by atoms with Gasteiger partial charge in [-0.15, -0.1) is 0 Å². The monoisotopic (exact) mass is 320 g/mol. The van der Waals surface area contributed by atoms with E-state index >= 15 is 0 Å². The molecule has 0 amide bonds. The maximum atomic E-state index is 13.9. The average Bonchev–Trinajstić information content (AvgIpc) is 2.80. The first kappa shape index (κ1) is 14.4. The molecule has 2 aromatic carbocycles. The molecule has 0 aromatic heterocycles. The van der Waals surface area contributed by atoms with E-state index in [0.29, 0.717) is 11.3 Å². The maximum Gasteiger partial charge on any atom is 0.251 e. The van der Waals surface area contributed by atoms with Gasteiger partial charge in [0.25, 0.3) is 5.92 Å². The van der Waals surface area contributed by atoms with Crippen LogP contribution in [0, 0.1) is 5.82 Å². The van der Waals surface area contributed by atoms with Crippen LogP contribution >= 0.6 is 0 Å². The molecular weight excluding hydrogens is 305 g/mol. The molecule has 2 unspecified atom stereocenters. The first-order chi connectivity index (χ1) is 10.9. The Morgan fingerprint density at radius 2 is 1.78 bits per heavy atom. The zero-order valence-corrected chi connectivity index (χ0v) is 12.2. The van der Waals surface area contributed by atoms with Gasteiger partial charge in [0.15, 0.2) is 0 Å². The van der Waals surface area contributed by atoms with Crippen LogP contribution in [-0.2, 0) is 5.41 Å². The van der Waals surface area contributed by atoms with Gasteiger partial charge in [0, 0.05) is 18.4 Å². The van der Waals surface area contributed by atoms with E-state index < -0.39 is 29.7 Å². The topological polar surface area (TPSA) is 29.5 Å². The van der Waals surface area contributed by atoms with Gasteiger partial charge in [-0.3, -0.25) is 0 Å². The molecule has 1 saturated carbocycles. The van der Waals surface area contributed by atoms with E-state index in [1.807, 2.05) is 0 Å². The summed E-state index contributed by atoms with van der Waals surface area (Å²) < 4.78 is 47.4. The Morgan fingerprint density at radius 3 is 2.52 bits per heavy atom. The largest absolute Gasteiger partial charge is 0.508 e. The highest BCUT2D eigenvalue weighted by Gasteiger charge is 2.57. The van der Waals surface area contributed by atoms with Gasteiger partial charge in [-0.25, -0.2) is 13.2 Å². The van der Waals surface area contributed by atoms with Crippen LogP contribution in [0.15, 0.2) is 42.5 Å². The second kappa shape index (κ2) is 4.66. The van der Waals surface area contributed by atoms with E-state index in [9.17, 15) is 18.3 Å². The Balaban J connectivity index is 1.91. The molecule has 1 heterocycles. The van der Waals surface area contributed by atoms with E-state index in [2.05, 4.69) is 0 Å². The molecule has 0 saturated heterocycles. The number of benzene rings is 2. The maximum absolute atomic E-state index is 13.9. The molecule has 0 radical (unpaired) electrons. The lowest BCUT2D eigenvalue weighted by Crippen LogP contribution is -2.48. The highest BCUT2D eigenvalue weighted by molar-refractivity contribution is 5.54. The molecule has 2 aliphatic rings. The molecule has 2 atom stereocenters. The zero-order valence-electron chi connectivity index (χ0n) is 12.2. The number of fused-ring (bicyclic) bond motifs is 3. The van der Waals surface area contributed by atoms with Gasteiger partial charge in [0.1, 0.15) is 23.4 Å². The van der Waals surface area contributed by atoms with Crippen molar-refractivity contribution in [3.63, 3.8) is 0 Å². The predicted molar refractivity (Wildman–Crippen MR) is 78.5 cm³/mol. The molecular formula is C18H15F3O2. The van der Waals surface area contributed by atoms with Crippen molar-refractivity contribution >= 4 is 0 Å². The number of phenolic OH excluding ortho intramolecular Hbond substituents is 1. The molecule has 4 rings (SSSR count). The van der Waals surface area contributed by atoms with Crippen LogP contribution in [0.4, 0.5) is 13.2 Å². The third-order valence-electron chi connectivity index (χ3n) is 4.99. The third-order valence-corrected chi connectivity index (χ3v) is 4.99. The van der Waals surface area contributed by atoms with Gasteiger partial charge >= 0.3 is 0 Å². The lowest BCUT2D eigenvalue weighted by Gasteiger charge is -2.41. The quantitative estimate of drug-likeness (QED) is 0.844. The minimum absolute atomic E-state index is 0.0984. The van der Waals surface area contributed by atoms with Crippen molar-refractivity contribution < 1.29 is 23.0 Å². The molecule has 2 nitrogen and oxygen atoms in total. The van der Waals surface area contributed by atoms with Crippen LogP contribution in [-0.4, -0.2) is 17.1 Å². The number of aromatic hydroxyl groups is 1. The number of phenols is 1. The lowest BCUT2D eigenvalue weighted by molar-refractivity contribution is -0.0829. The summed E-state index contributed by atoms with van der Waals surface area (Å²) in [6, 6.07) is 10.6.